The minimum atomic E-state index is 0. The van der Waals surface area contributed by atoms with Crippen molar-refractivity contribution in [1.29, 1.82) is 0 Å². The zero-order chi connectivity index (χ0) is 23.3. The second-order valence-corrected chi connectivity index (χ2v) is 10.3. The highest BCUT2D eigenvalue weighted by molar-refractivity contribution is 7.17. The molecule has 2 aromatic carbocycles. The number of piperazine rings is 1. The van der Waals surface area contributed by atoms with Crippen LogP contribution >= 0.6 is 23.7 Å². The van der Waals surface area contributed by atoms with Crippen LogP contribution in [0.1, 0.15) is 18.1 Å². The van der Waals surface area contributed by atoms with E-state index >= 15 is 0 Å². The lowest BCUT2D eigenvalue weighted by atomic mass is 9.94. The molecule has 0 saturated carbocycles. The molecule has 0 amide bonds. The second-order valence-electron chi connectivity index (χ2n) is 9.40. The maximum atomic E-state index is 11.9. The van der Waals surface area contributed by atoms with Crippen molar-refractivity contribution in [2.24, 2.45) is 5.92 Å². The van der Waals surface area contributed by atoms with Gasteiger partial charge < -0.3 is 14.5 Å². The SMILES string of the molecule is CC(CN1CCN(Cc2ccc(N3CCOCC3)cc2)CC1)C(=C=O)c1csc2ccccc12.Cl. The van der Waals surface area contributed by atoms with Gasteiger partial charge in [0.25, 0.3) is 0 Å². The number of ether oxygens (including phenoxy) is 1. The average molecular weight is 512 g/mol. The van der Waals surface area contributed by atoms with Crippen molar-refractivity contribution in [2.75, 3.05) is 63.9 Å². The number of hydrogen-bond donors (Lipinski definition) is 0. The Hall–Kier alpha value is -2.18. The van der Waals surface area contributed by atoms with E-state index in [1.54, 1.807) is 11.3 Å². The Morgan fingerprint density at radius 1 is 0.971 bits per heavy atom. The number of anilines is 1. The van der Waals surface area contributed by atoms with Crippen molar-refractivity contribution in [3.63, 3.8) is 0 Å². The zero-order valence-corrected chi connectivity index (χ0v) is 22.0. The fourth-order valence-corrected chi connectivity index (χ4v) is 6.07. The molecule has 1 aromatic heterocycles. The minimum absolute atomic E-state index is 0. The van der Waals surface area contributed by atoms with Crippen molar-refractivity contribution < 1.29 is 9.53 Å². The van der Waals surface area contributed by atoms with E-state index in [-0.39, 0.29) is 18.3 Å². The molecule has 1 unspecified atom stereocenters. The van der Waals surface area contributed by atoms with Crippen molar-refractivity contribution in [3.8, 4) is 0 Å². The van der Waals surface area contributed by atoms with Gasteiger partial charge in [-0.15, -0.1) is 23.7 Å². The lowest BCUT2D eigenvalue weighted by Gasteiger charge is -2.36. The summed E-state index contributed by atoms with van der Waals surface area (Å²) in [5, 5.41) is 3.28. The van der Waals surface area contributed by atoms with Gasteiger partial charge in [-0.2, -0.15) is 0 Å². The van der Waals surface area contributed by atoms with Gasteiger partial charge in [-0.1, -0.05) is 37.3 Å². The normalized spacial score (nSPS) is 18.1. The Kier molecular flexibility index (Phi) is 9.01. The zero-order valence-electron chi connectivity index (χ0n) is 20.3. The molecule has 0 radical (unpaired) electrons. The summed E-state index contributed by atoms with van der Waals surface area (Å²) in [6.07, 6.45) is 0. The molecule has 3 heterocycles. The summed E-state index contributed by atoms with van der Waals surface area (Å²) in [7, 11) is 0. The van der Waals surface area contributed by atoms with Crippen LogP contribution < -0.4 is 4.90 Å². The topological polar surface area (TPSA) is 36.0 Å². The summed E-state index contributed by atoms with van der Waals surface area (Å²) in [4.78, 5) is 19.3. The van der Waals surface area contributed by atoms with Gasteiger partial charge in [-0.3, -0.25) is 4.90 Å². The van der Waals surface area contributed by atoms with Gasteiger partial charge >= 0.3 is 0 Å². The smallest absolute Gasteiger partial charge is 0.128 e. The predicted molar refractivity (Wildman–Crippen MR) is 149 cm³/mol. The number of nitrogens with zero attached hydrogens (tertiary/aromatic N) is 3. The van der Waals surface area contributed by atoms with Crippen molar-refractivity contribution in [1.82, 2.24) is 9.80 Å². The van der Waals surface area contributed by atoms with Crippen molar-refractivity contribution in [3.05, 3.63) is 65.0 Å². The van der Waals surface area contributed by atoms with E-state index in [2.05, 4.69) is 69.3 Å². The predicted octanol–water partition coefficient (Wildman–Crippen LogP) is 4.83. The number of thiophene rings is 1. The Balaban J connectivity index is 0.00000289. The standard InChI is InChI=1S/C28H33N3O2S.ClH/c1-22(26(20-32)27-21-34-28-5-3-2-4-25(27)28)18-29-10-12-30(13-11-29)19-23-6-8-24(9-7-23)31-14-16-33-17-15-31;/h2-9,21-22H,10-19H2,1H3;1H. The third-order valence-corrected chi connectivity index (χ3v) is 8.05. The summed E-state index contributed by atoms with van der Waals surface area (Å²) in [5.74, 6) is 2.44. The van der Waals surface area contributed by atoms with E-state index in [1.165, 1.54) is 21.3 Å². The van der Waals surface area contributed by atoms with Gasteiger partial charge in [0, 0.05) is 90.6 Å². The van der Waals surface area contributed by atoms with Crippen LogP contribution in [0.4, 0.5) is 5.69 Å². The first kappa shape index (κ1) is 25.9. The molecule has 2 fully saturated rings. The molecular formula is C28H34ClN3O2S. The van der Waals surface area contributed by atoms with Crippen LogP contribution in [0.15, 0.2) is 53.9 Å². The van der Waals surface area contributed by atoms with Gasteiger partial charge in [0.1, 0.15) is 5.94 Å². The Bertz CT molecular complexity index is 1140. The van der Waals surface area contributed by atoms with Crippen LogP contribution in [0, 0.1) is 5.92 Å². The summed E-state index contributed by atoms with van der Waals surface area (Å²) < 4.78 is 6.69. The van der Waals surface area contributed by atoms with Gasteiger partial charge in [0.2, 0.25) is 0 Å². The molecule has 0 spiro atoms. The van der Waals surface area contributed by atoms with E-state index in [0.717, 1.165) is 76.7 Å². The Morgan fingerprint density at radius 3 is 2.37 bits per heavy atom. The largest absolute Gasteiger partial charge is 0.378 e. The maximum Gasteiger partial charge on any atom is 0.128 e. The van der Waals surface area contributed by atoms with Crippen LogP contribution in [-0.2, 0) is 16.1 Å². The third kappa shape index (κ3) is 6.15. The molecule has 2 saturated heterocycles. The van der Waals surface area contributed by atoms with Crippen LogP contribution in [0.2, 0.25) is 0 Å². The first-order valence-electron chi connectivity index (χ1n) is 12.3. The molecule has 3 aromatic rings. The second kappa shape index (κ2) is 12.2. The molecule has 35 heavy (non-hydrogen) atoms. The van der Waals surface area contributed by atoms with Crippen molar-refractivity contribution in [2.45, 2.75) is 13.5 Å². The summed E-state index contributed by atoms with van der Waals surface area (Å²) in [5.41, 5.74) is 4.53. The molecule has 1 atom stereocenters. The fourth-order valence-electron chi connectivity index (χ4n) is 5.11. The molecule has 2 aliphatic heterocycles. The molecule has 2 aliphatic rings. The molecule has 0 aliphatic carbocycles. The maximum absolute atomic E-state index is 11.9. The molecule has 7 heteroatoms. The third-order valence-electron chi connectivity index (χ3n) is 7.09. The Labute approximate surface area is 218 Å². The van der Waals surface area contributed by atoms with E-state index in [0.29, 0.717) is 0 Å². The molecule has 5 nitrogen and oxygen atoms in total. The number of morpholine rings is 1. The Morgan fingerprint density at radius 2 is 1.66 bits per heavy atom. The highest BCUT2D eigenvalue weighted by Crippen LogP contribution is 2.33. The van der Waals surface area contributed by atoms with E-state index < -0.39 is 0 Å². The first-order chi connectivity index (χ1) is 16.7. The molecule has 186 valence electrons. The first-order valence-corrected chi connectivity index (χ1v) is 13.2. The highest BCUT2D eigenvalue weighted by atomic mass is 35.5. The number of rotatable bonds is 7. The lowest BCUT2D eigenvalue weighted by Crippen LogP contribution is -2.47. The number of hydrogen-bond acceptors (Lipinski definition) is 6. The van der Waals surface area contributed by atoms with E-state index in [9.17, 15) is 4.79 Å². The van der Waals surface area contributed by atoms with Gasteiger partial charge in [-0.05, 0) is 23.8 Å². The van der Waals surface area contributed by atoms with Gasteiger partial charge in [-0.25, -0.2) is 4.79 Å². The van der Waals surface area contributed by atoms with Crippen LogP contribution in [0.3, 0.4) is 0 Å². The molecule has 0 bridgehead atoms. The van der Waals surface area contributed by atoms with Gasteiger partial charge in [0.05, 0.1) is 13.2 Å². The summed E-state index contributed by atoms with van der Waals surface area (Å²) in [6, 6.07) is 17.4. The molecule has 5 rings (SSSR count). The van der Waals surface area contributed by atoms with Crippen LogP contribution in [0.5, 0.6) is 0 Å². The van der Waals surface area contributed by atoms with Crippen LogP contribution in [-0.4, -0.2) is 74.8 Å². The average Bonchev–Trinajstić information content (AvgIpc) is 3.31. The summed E-state index contributed by atoms with van der Waals surface area (Å²) in [6.45, 7) is 11.8. The number of halogens is 1. The number of carbonyl (C=O) groups excluding carboxylic acids is 1. The lowest BCUT2D eigenvalue weighted by molar-refractivity contribution is 0.121. The van der Waals surface area contributed by atoms with Gasteiger partial charge in [0.15, 0.2) is 0 Å². The summed E-state index contributed by atoms with van der Waals surface area (Å²) >= 11 is 1.70. The fraction of sp³-hybridized carbons (Fsp3) is 0.429. The van der Waals surface area contributed by atoms with E-state index in [1.807, 2.05) is 12.1 Å². The number of fused-ring (bicyclic) bond motifs is 1. The minimum Gasteiger partial charge on any atom is -0.378 e. The molecule has 0 N–H and O–H groups in total. The van der Waals surface area contributed by atoms with Crippen molar-refractivity contribution >= 4 is 51.0 Å². The quantitative estimate of drug-likeness (QED) is 0.425. The number of benzene rings is 2. The highest BCUT2D eigenvalue weighted by Gasteiger charge is 2.23. The molecular weight excluding hydrogens is 478 g/mol. The van der Waals surface area contributed by atoms with E-state index in [4.69, 9.17) is 4.74 Å². The monoisotopic (exact) mass is 511 g/mol. The van der Waals surface area contributed by atoms with Crippen LogP contribution in [0.25, 0.3) is 15.7 Å².